The largest absolute Gasteiger partial charge is 0.484 e. The first-order chi connectivity index (χ1) is 17.7. The molecule has 0 spiro atoms. The first-order valence-electron chi connectivity index (χ1n) is 11.1. The van der Waals surface area contributed by atoms with Crippen molar-refractivity contribution in [3.05, 3.63) is 96.7 Å². The smallest absolute Gasteiger partial charge is 0.313 e. The van der Waals surface area contributed by atoms with Gasteiger partial charge in [-0.1, -0.05) is 35.3 Å². The molecule has 2 heterocycles. The summed E-state index contributed by atoms with van der Waals surface area (Å²) in [5.74, 6) is 0.401. The Kier molecular flexibility index (Phi) is 6.41. The lowest BCUT2D eigenvalue weighted by atomic mass is 10.2. The summed E-state index contributed by atoms with van der Waals surface area (Å²) in [5.41, 5.74) is 0.444. The van der Waals surface area contributed by atoms with E-state index in [1.165, 1.54) is 18.3 Å². The maximum Gasteiger partial charge on any atom is 0.313 e. The maximum absolute atomic E-state index is 13.5. The van der Waals surface area contributed by atoms with Gasteiger partial charge in [0, 0.05) is 27.1 Å². The van der Waals surface area contributed by atoms with Crippen LogP contribution in [0.25, 0.3) is 33.5 Å². The second-order valence-electron chi connectivity index (χ2n) is 8.37. The number of nitro groups is 1. The molecule has 0 N–H and O–H groups in total. The van der Waals surface area contributed by atoms with Crippen LogP contribution in [0, 0.1) is 10.1 Å². The summed E-state index contributed by atoms with van der Waals surface area (Å²) in [4.78, 5) is 29.2. The van der Waals surface area contributed by atoms with Crippen LogP contribution in [0.3, 0.4) is 0 Å². The van der Waals surface area contributed by atoms with Crippen molar-refractivity contribution in [3.63, 3.8) is 0 Å². The van der Waals surface area contributed by atoms with Gasteiger partial charge in [0.05, 0.1) is 28.1 Å². The quantitative estimate of drug-likeness (QED) is 0.135. The number of nitrogens with zero attached hydrogens (tertiary/aromatic N) is 4. The molecule has 11 heteroatoms. The summed E-state index contributed by atoms with van der Waals surface area (Å²) < 4.78 is 12.8. The first kappa shape index (κ1) is 24.5. The Morgan fingerprint density at radius 2 is 1.89 bits per heavy atom. The number of hydrogen-bond donors (Lipinski definition) is 0. The van der Waals surface area contributed by atoms with Crippen LogP contribution in [-0.4, -0.2) is 26.9 Å². The van der Waals surface area contributed by atoms with E-state index in [0.29, 0.717) is 21.5 Å². The van der Waals surface area contributed by atoms with Gasteiger partial charge < -0.3 is 9.15 Å². The number of benzene rings is 3. The third kappa shape index (κ3) is 4.78. The molecule has 0 fully saturated rings. The molecule has 0 radical (unpaired) electrons. The van der Waals surface area contributed by atoms with E-state index < -0.39 is 10.5 Å². The Bertz CT molecular complexity index is 1780. The van der Waals surface area contributed by atoms with E-state index in [-0.39, 0.29) is 39.7 Å². The van der Waals surface area contributed by atoms with Crippen molar-refractivity contribution in [2.24, 2.45) is 5.10 Å². The van der Waals surface area contributed by atoms with Gasteiger partial charge in [0.15, 0.2) is 5.76 Å². The van der Waals surface area contributed by atoms with Crippen molar-refractivity contribution in [3.8, 4) is 17.3 Å². The highest BCUT2D eigenvalue weighted by Crippen LogP contribution is 2.35. The molecule has 186 valence electrons. The molecule has 0 amide bonds. The second-order valence-corrected chi connectivity index (χ2v) is 9.25. The van der Waals surface area contributed by atoms with Gasteiger partial charge in [0.2, 0.25) is 11.6 Å². The molecule has 5 rings (SSSR count). The van der Waals surface area contributed by atoms with Crippen LogP contribution in [0.15, 0.2) is 75.0 Å². The zero-order chi connectivity index (χ0) is 26.3. The minimum atomic E-state index is -0.588. The number of rotatable bonds is 6. The van der Waals surface area contributed by atoms with Crippen LogP contribution in [0.5, 0.6) is 5.75 Å². The Morgan fingerprint density at radius 1 is 1.11 bits per heavy atom. The van der Waals surface area contributed by atoms with Gasteiger partial charge in [-0.15, -0.1) is 0 Å². The highest BCUT2D eigenvalue weighted by molar-refractivity contribution is 6.31. The normalized spacial score (nSPS) is 11.7. The van der Waals surface area contributed by atoms with E-state index in [0.717, 1.165) is 10.1 Å². The Labute approximate surface area is 219 Å². The lowest BCUT2D eigenvalue weighted by molar-refractivity contribution is -0.386. The minimum Gasteiger partial charge on any atom is -0.484 e. The lowest BCUT2D eigenvalue weighted by Crippen LogP contribution is -2.20. The predicted molar refractivity (Wildman–Crippen MR) is 143 cm³/mol. The molecule has 3 aromatic carbocycles. The van der Waals surface area contributed by atoms with Gasteiger partial charge in [0.1, 0.15) is 5.58 Å². The molecule has 0 bridgehead atoms. The standard InChI is InChI=1S/C26H18Cl2N4O5/c1-14(2)36-24-16(10-18(28)12-21(24)32(34)35)13-29-31-25(30-20-6-4-3-5-19(20)26(31)33)23-11-15-9-17(27)7-8-22(15)37-23/h3-14H,1-2H3. The van der Waals surface area contributed by atoms with Crippen molar-refractivity contribution in [1.29, 1.82) is 0 Å². The van der Waals surface area contributed by atoms with Crippen molar-refractivity contribution in [2.75, 3.05) is 0 Å². The molecule has 5 aromatic rings. The van der Waals surface area contributed by atoms with Crippen molar-refractivity contribution >= 4 is 57.0 Å². The zero-order valence-electron chi connectivity index (χ0n) is 19.5. The Hall–Kier alpha value is -4.21. The van der Waals surface area contributed by atoms with Crippen LogP contribution >= 0.6 is 23.2 Å². The number of para-hydroxylation sites is 1. The van der Waals surface area contributed by atoms with Crippen molar-refractivity contribution in [2.45, 2.75) is 20.0 Å². The zero-order valence-corrected chi connectivity index (χ0v) is 21.0. The molecule has 0 aliphatic carbocycles. The van der Waals surface area contributed by atoms with E-state index in [9.17, 15) is 14.9 Å². The van der Waals surface area contributed by atoms with E-state index in [4.69, 9.17) is 32.4 Å². The fourth-order valence-corrected chi connectivity index (χ4v) is 4.23. The summed E-state index contributed by atoms with van der Waals surface area (Å²) >= 11 is 12.3. The third-order valence-electron chi connectivity index (χ3n) is 5.38. The van der Waals surface area contributed by atoms with Gasteiger partial charge in [0.25, 0.3) is 5.56 Å². The monoisotopic (exact) mass is 536 g/mol. The van der Waals surface area contributed by atoms with Gasteiger partial charge in [-0.25, -0.2) is 4.98 Å². The van der Waals surface area contributed by atoms with Gasteiger partial charge in [-0.2, -0.15) is 9.78 Å². The highest BCUT2D eigenvalue weighted by Gasteiger charge is 2.22. The Morgan fingerprint density at radius 3 is 2.65 bits per heavy atom. The van der Waals surface area contributed by atoms with E-state index in [1.54, 1.807) is 62.4 Å². The first-order valence-corrected chi connectivity index (χ1v) is 11.9. The number of furan rings is 1. The molecule has 37 heavy (non-hydrogen) atoms. The summed E-state index contributed by atoms with van der Waals surface area (Å²) in [6.07, 6.45) is 0.910. The topological polar surface area (TPSA) is 113 Å². The molecular weight excluding hydrogens is 519 g/mol. The van der Waals surface area contributed by atoms with Crippen molar-refractivity contribution < 1.29 is 14.1 Å². The van der Waals surface area contributed by atoms with Crippen LogP contribution in [-0.2, 0) is 0 Å². The fraction of sp³-hybridized carbons (Fsp3) is 0.115. The van der Waals surface area contributed by atoms with Crippen LogP contribution in [0.2, 0.25) is 10.0 Å². The highest BCUT2D eigenvalue weighted by atomic mass is 35.5. The maximum atomic E-state index is 13.5. The van der Waals surface area contributed by atoms with Gasteiger partial charge in [-0.3, -0.25) is 14.9 Å². The summed E-state index contributed by atoms with van der Waals surface area (Å²) in [5, 5.41) is 17.7. The van der Waals surface area contributed by atoms with Crippen LogP contribution < -0.4 is 10.3 Å². The van der Waals surface area contributed by atoms with E-state index in [2.05, 4.69) is 10.1 Å². The van der Waals surface area contributed by atoms with Gasteiger partial charge >= 0.3 is 5.69 Å². The van der Waals surface area contributed by atoms with Gasteiger partial charge in [-0.05, 0) is 56.3 Å². The summed E-state index contributed by atoms with van der Waals surface area (Å²) in [7, 11) is 0. The molecule has 0 aliphatic heterocycles. The number of aromatic nitrogens is 2. The molecule has 0 unspecified atom stereocenters. The summed E-state index contributed by atoms with van der Waals surface area (Å²) in [6, 6.07) is 16.4. The van der Waals surface area contributed by atoms with E-state index >= 15 is 0 Å². The molecule has 2 aromatic heterocycles. The average Bonchev–Trinajstić information content (AvgIpc) is 3.27. The SMILES string of the molecule is CC(C)Oc1c(C=Nn2c(-c3cc4cc(Cl)ccc4o3)nc3ccccc3c2=O)cc(Cl)cc1[N+](=O)[O-]. The number of fused-ring (bicyclic) bond motifs is 2. The van der Waals surface area contributed by atoms with Crippen molar-refractivity contribution in [1.82, 2.24) is 9.66 Å². The van der Waals surface area contributed by atoms with Crippen LogP contribution in [0.1, 0.15) is 19.4 Å². The predicted octanol–water partition coefficient (Wildman–Crippen LogP) is 6.69. The minimum absolute atomic E-state index is 0.0186. The van der Waals surface area contributed by atoms with E-state index in [1.807, 2.05) is 0 Å². The number of nitro benzene ring substituents is 1. The number of hydrogen-bond acceptors (Lipinski definition) is 7. The fourth-order valence-electron chi connectivity index (χ4n) is 3.83. The summed E-state index contributed by atoms with van der Waals surface area (Å²) in [6.45, 7) is 3.48. The second kappa shape index (κ2) is 9.68. The number of halogens is 2. The third-order valence-corrected chi connectivity index (χ3v) is 5.83. The number of ether oxygens (including phenoxy) is 1. The Balaban J connectivity index is 1.74. The molecule has 0 saturated heterocycles. The molecule has 0 atom stereocenters. The average molecular weight is 537 g/mol. The molecule has 0 saturated carbocycles. The lowest BCUT2D eigenvalue weighted by Gasteiger charge is -2.13. The molecule has 9 nitrogen and oxygen atoms in total. The molecule has 0 aliphatic rings. The molecular formula is C26H18Cl2N4O5. The van der Waals surface area contributed by atoms with Crippen LogP contribution in [0.4, 0.5) is 5.69 Å².